The van der Waals surface area contributed by atoms with Crippen LogP contribution in [0, 0.1) is 41.4 Å². The van der Waals surface area contributed by atoms with Gasteiger partial charge in [0.25, 0.3) is 0 Å². The van der Waals surface area contributed by atoms with E-state index >= 15 is 0 Å². The molecular weight excluding hydrogens is 544 g/mol. The normalized spacial score (nSPS) is 38.5. The molecule has 1 aromatic heterocycles. The third kappa shape index (κ3) is 3.69. The van der Waals surface area contributed by atoms with Crippen LogP contribution < -0.4 is 0 Å². The molecule has 5 aliphatic rings. The summed E-state index contributed by atoms with van der Waals surface area (Å²) < 4.78 is 20.5. The molecule has 2 saturated carbocycles. The van der Waals surface area contributed by atoms with E-state index in [1.54, 1.807) is 13.2 Å². The number of aromatic nitrogens is 2. The van der Waals surface area contributed by atoms with Crippen LogP contribution in [0.1, 0.15) is 64.0 Å². The van der Waals surface area contributed by atoms with Crippen molar-refractivity contribution in [3.8, 4) is 11.1 Å². The molecule has 2 unspecified atom stereocenters. The van der Waals surface area contributed by atoms with Gasteiger partial charge in [-0.2, -0.15) is 5.10 Å². The number of carbonyl (C=O) groups excluding carboxylic acids is 2. The van der Waals surface area contributed by atoms with Crippen molar-refractivity contribution in [3.63, 3.8) is 0 Å². The third-order valence-electron chi connectivity index (χ3n) is 11.5. The average Bonchev–Trinajstić information content (AvgIpc) is 3.19. The number of rotatable bonds is 3. The maximum Gasteiger partial charge on any atom is 0.357 e. The Morgan fingerprint density at radius 2 is 1.86 bits per heavy atom. The molecule has 4 aliphatic carbocycles. The minimum Gasteiger partial charge on any atom is -0.450 e. The number of hydrogen-bond acceptors (Lipinski definition) is 7. The molecule has 2 heterocycles. The van der Waals surface area contributed by atoms with E-state index in [4.69, 9.17) is 14.2 Å². The second-order valence-electron chi connectivity index (χ2n) is 14.6. The van der Waals surface area contributed by atoms with Gasteiger partial charge in [-0.15, -0.1) is 0 Å². The van der Waals surface area contributed by atoms with Crippen molar-refractivity contribution in [2.75, 3.05) is 6.61 Å². The van der Waals surface area contributed by atoms with Gasteiger partial charge in [-0.05, 0) is 79.6 Å². The lowest BCUT2D eigenvalue weighted by Gasteiger charge is -2.52. The monoisotopic (exact) mass is 586 g/mol. The van der Waals surface area contributed by atoms with Crippen LogP contribution in [0.2, 0.25) is 0 Å². The van der Waals surface area contributed by atoms with E-state index in [0.717, 1.165) is 23.1 Å². The zero-order valence-corrected chi connectivity index (χ0v) is 26.3. The summed E-state index contributed by atoms with van der Waals surface area (Å²) in [6, 6.07) is 7.81. The smallest absolute Gasteiger partial charge is 0.357 e. The van der Waals surface area contributed by atoms with Crippen LogP contribution in [0.5, 0.6) is 0 Å². The zero-order chi connectivity index (χ0) is 30.9. The van der Waals surface area contributed by atoms with Crippen LogP contribution in [-0.2, 0) is 26.1 Å². The molecule has 0 radical (unpaired) electrons. The molecule has 8 atom stereocenters. The first kappa shape index (κ1) is 28.7. The molecule has 3 fully saturated rings. The number of benzene rings is 1. The SMILES string of the molecule is CC1=CC23C(=O)[C@@H](C=C4COC(C)(C)O[C@H]4[C@]2(O)[C@H]1OC(=O)c1c(-c2ccccc2C)cnn1C)[C@@H]1[C@@H](CC3C)C1(C)C. The van der Waals surface area contributed by atoms with Gasteiger partial charge in [-0.3, -0.25) is 9.48 Å². The van der Waals surface area contributed by atoms with Crippen molar-refractivity contribution in [2.45, 2.75) is 78.5 Å². The van der Waals surface area contributed by atoms with Crippen molar-refractivity contribution in [1.82, 2.24) is 9.78 Å². The minimum absolute atomic E-state index is 0.0112. The Morgan fingerprint density at radius 1 is 1.14 bits per heavy atom. The Morgan fingerprint density at radius 3 is 2.58 bits per heavy atom. The lowest BCUT2D eigenvalue weighted by atomic mass is 9.59. The number of carbonyl (C=O) groups is 2. The summed E-state index contributed by atoms with van der Waals surface area (Å²) in [4.78, 5) is 29.1. The fraction of sp³-hybridized carbons (Fsp3) is 0.571. The van der Waals surface area contributed by atoms with Gasteiger partial charge in [-0.1, -0.05) is 57.2 Å². The van der Waals surface area contributed by atoms with Crippen LogP contribution in [0.3, 0.4) is 0 Å². The molecule has 1 N–H and O–H groups in total. The number of ether oxygens (including phenoxy) is 3. The van der Waals surface area contributed by atoms with Gasteiger partial charge >= 0.3 is 5.97 Å². The predicted octanol–water partition coefficient (Wildman–Crippen LogP) is 5.19. The van der Waals surface area contributed by atoms with Crippen molar-refractivity contribution >= 4 is 11.8 Å². The van der Waals surface area contributed by atoms with E-state index in [9.17, 15) is 14.7 Å². The number of esters is 1. The Balaban J connectivity index is 1.36. The first-order valence-electron chi connectivity index (χ1n) is 15.4. The molecule has 0 amide bonds. The Labute approximate surface area is 253 Å². The number of ketones is 1. The average molecular weight is 587 g/mol. The highest BCUT2D eigenvalue weighted by molar-refractivity contribution is 5.98. The first-order chi connectivity index (χ1) is 20.1. The molecule has 1 aromatic carbocycles. The van der Waals surface area contributed by atoms with E-state index in [1.807, 2.05) is 64.1 Å². The highest BCUT2D eigenvalue weighted by Gasteiger charge is 2.77. The van der Waals surface area contributed by atoms with Gasteiger partial charge in [0.2, 0.25) is 0 Å². The standard InChI is InChI=1S/C35H42N2O6/c1-18-11-9-10-12-22(18)24-16-36-37(8)27(24)31(39)42-29-19(2)15-34-20(3)13-25-26(32(25,4)5)23(28(34)38)14-21-17-41-33(6,7)43-30(21)35(29,34)40/h9-12,14-16,20,23,25-26,29-30,40H,13,17H2,1-8H3/t20?,23-,25+,26+,29-,30+,34?,35+/m0/s1. The van der Waals surface area contributed by atoms with Crippen LogP contribution in [-0.4, -0.2) is 56.8 Å². The van der Waals surface area contributed by atoms with E-state index < -0.39 is 35.0 Å². The van der Waals surface area contributed by atoms with Crippen molar-refractivity contribution in [1.29, 1.82) is 0 Å². The quantitative estimate of drug-likeness (QED) is 0.391. The van der Waals surface area contributed by atoms with Crippen molar-refractivity contribution in [2.24, 2.45) is 41.5 Å². The Hall–Kier alpha value is -3.07. The number of fused-ring (bicyclic) bond motifs is 5. The van der Waals surface area contributed by atoms with Crippen LogP contribution in [0.4, 0.5) is 0 Å². The molecular formula is C35H42N2O6. The van der Waals surface area contributed by atoms with Gasteiger partial charge in [-0.25, -0.2) is 4.79 Å². The number of aliphatic hydroxyl groups is 1. The summed E-state index contributed by atoms with van der Waals surface area (Å²) in [5.74, 6) is -1.69. The van der Waals surface area contributed by atoms with E-state index in [2.05, 4.69) is 25.9 Å². The number of allylic oxidation sites excluding steroid dienone is 1. The summed E-state index contributed by atoms with van der Waals surface area (Å²) in [5, 5.41) is 17.7. The van der Waals surface area contributed by atoms with Gasteiger partial charge in [0.15, 0.2) is 29.0 Å². The van der Waals surface area contributed by atoms with Crippen LogP contribution >= 0.6 is 0 Å². The zero-order valence-electron chi connectivity index (χ0n) is 26.3. The first-order valence-corrected chi connectivity index (χ1v) is 15.4. The molecule has 1 saturated heterocycles. The Kier molecular flexibility index (Phi) is 6.00. The van der Waals surface area contributed by atoms with Gasteiger partial charge in [0.1, 0.15) is 6.10 Å². The third-order valence-corrected chi connectivity index (χ3v) is 11.5. The van der Waals surface area contributed by atoms with E-state index in [1.165, 1.54) is 4.68 Å². The molecule has 8 nitrogen and oxygen atoms in total. The van der Waals surface area contributed by atoms with Crippen molar-refractivity contribution in [3.05, 3.63) is 65.0 Å². The number of hydrogen-bond donors (Lipinski definition) is 1. The molecule has 7 rings (SSSR count). The fourth-order valence-electron chi connectivity index (χ4n) is 9.21. The summed E-state index contributed by atoms with van der Waals surface area (Å²) >= 11 is 0. The number of Topliss-reactive ketones (excluding diaryl/α,β-unsaturated/α-hetero) is 1. The van der Waals surface area contributed by atoms with E-state index in [0.29, 0.717) is 17.1 Å². The van der Waals surface area contributed by atoms with Gasteiger partial charge in [0, 0.05) is 18.5 Å². The minimum atomic E-state index is -1.87. The molecule has 2 aromatic rings. The molecule has 8 heteroatoms. The summed E-state index contributed by atoms with van der Waals surface area (Å²) in [6.45, 7) is 14.2. The topological polar surface area (TPSA) is 99.9 Å². The summed E-state index contributed by atoms with van der Waals surface area (Å²) in [5.41, 5.74) is 1.06. The fourth-order valence-corrected chi connectivity index (χ4v) is 9.21. The lowest BCUT2D eigenvalue weighted by Crippen LogP contribution is -2.68. The van der Waals surface area contributed by atoms with Crippen LogP contribution in [0.15, 0.2) is 53.8 Å². The second kappa shape index (κ2) is 8.99. The summed E-state index contributed by atoms with van der Waals surface area (Å²) in [6.07, 6.45) is 4.37. The highest BCUT2D eigenvalue weighted by Crippen LogP contribution is 2.72. The molecule has 1 spiro atoms. The van der Waals surface area contributed by atoms with Gasteiger partial charge < -0.3 is 19.3 Å². The van der Waals surface area contributed by atoms with Crippen molar-refractivity contribution < 1.29 is 28.9 Å². The second-order valence-corrected chi connectivity index (χ2v) is 14.6. The lowest BCUT2D eigenvalue weighted by molar-refractivity contribution is -0.302. The molecule has 1 aliphatic heterocycles. The predicted molar refractivity (Wildman–Crippen MR) is 160 cm³/mol. The molecule has 43 heavy (non-hydrogen) atoms. The van der Waals surface area contributed by atoms with Crippen LogP contribution in [0.25, 0.3) is 11.1 Å². The van der Waals surface area contributed by atoms with E-state index in [-0.39, 0.29) is 41.3 Å². The summed E-state index contributed by atoms with van der Waals surface area (Å²) in [7, 11) is 1.71. The maximum absolute atomic E-state index is 14.9. The number of nitrogens with zero attached hydrogens (tertiary/aromatic N) is 2. The Bertz CT molecular complexity index is 1620. The maximum atomic E-state index is 14.9. The van der Waals surface area contributed by atoms with Gasteiger partial charge in [0.05, 0.1) is 18.2 Å². The molecule has 228 valence electrons. The largest absolute Gasteiger partial charge is 0.450 e. The number of aryl methyl sites for hydroxylation is 2. The highest BCUT2D eigenvalue weighted by atomic mass is 16.7. The molecule has 2 bridgehead atoms.